The van der Waals surface area contributed by atoms with Gasteiger partial charge in [-0.1, -0.05) is 12.1 Å². The Bertz CT molecular complexity index is 628. The summed E-state index contributed by atoms with van der Waals surface area (Å²) >= 11 is 0. The topological polar surface area (TPSA) is 73.6 Å². The van der Waals surface area contributed by atoms with Crippen molar-refractivity contribution in [3.05, 3.63) is 54.4 Å². The highest BCUT2D eigenvalue weighted by Crippen LogP contribution is 2.32. The van der Waals surface area contributed by atoms with Crippen LogP contribution in [0.15, 0.2) is 48.5 Å². The summed E-state index contributed by atoms with van der Waals surface area (Å²) < 4.78 is 0. The van der Waals surface area contributed by atoms with Crippen molar-refractivity contribution in [2.24, 2.45) is 0 Å². The zero-order valence-electron chi connectivity index (χ0n) is 9.38. The minimum atomic E-state index is 0.395. The van der Waals surface area contributed by atoms with E-state index in [9.17, 15) is 5.26 Å². The van der Waals surface area contributed by atoms with Crippen molar-refractivity contribution in [3.8, 4) is 6.07 Å². The van der Waals surface area contributed by atoms with Gasteiger partial charge in [0.1, 0.15) is 17.5 Å². The summed E-state index contributed by atoms with van der Waals surface area (Å²) in [5.74, 6) is 1.02. The van der Waals surface area contributed by atoms with Crippen LogP contribution in [-0.4, -0.2) is 9.97 Å². The third-order valence-corrected chi connectivity index (χ3v) is 2.60. The van der Waals surface area contributed by atoms with Gasteiger partial charge in [-0.05, 0) is 18.2 Å². The Balaban J connectivity index is 2.05. The van der Waals surface area contributed by atoms with Gasteiger partial charge in [-0.25, -0.2) is 9.97 Å². The first-order chi connectivity index (χ1) is 8.88. The Morgan fingerprint density at radius 1 is 1.00 bits per heavy atom. The SMILES string of the molecule is N#CC(=C1Nc2ccccc2N1)c1ncccn1. The molecule has 0 unspecified atom stereocenters. The molecule has 2 heterocycles. The van der Waals surface area contributed by atoms with Crippen molar-refractivity contribution in [1.82, 2.24) is 9.97 Å². The lowest BCUT2D eigenvalue weighted by Crippen LogP contribution is -2.05. The van der Waals surface area contributed by atoms with Crippen molar-refractivity contribution in [2.75, 3.05) is 10.6 Å². The molecular weight excluding hydrogens is 226 g/mol. The van der Waals surface area contributed by atoms with Gasteiger partial charge < -0.3 is 10.6 Å². The van der Waals surface area contributed by atoms with Crippen LogP contribution in [-0.2, 0) is 0 Å². The fourth-order valence-corrected chi connectivity index (χ4v) is 1.77. The zero-order valence-corrected chi connectivity index (χ0v) is 9.38. The van der Waals surface area contributed by atoms with Gasteiger partial charge in [0, 0.05) is 12.4 Å². The molecule has 18 heavy (non-hydrogen) atoms. The second kappa shape index (κ2) is 4.18. The lowest BCUT2D eigenvalue weighted by Gasteiger charge is -2.03. The van der Waals surface area contributed by atoms with E-state index in [1.54, 1.807) is 18.5 Å². The highest BCUT2D eigenvalue weighted by atomic mass is 15.2. The molecule has 2 N–H and O–H groups in total. The van der Waals surface area contributed by atoms with E-state index < -0.39 is 0 Å². The number of nitriles is 1. The van der Waals surface area contributed by atoms with E-state index in [1.807, 2.05) is 24.3 Å². The lowest BCUT2D eigenvalue weighted by molar-refractivity contribution is 1.12. The van der Waals surface area contributed by atoms with Gasteiger partial charge in [0.15, 0.2) is 5.82 Å². The smallest absolute Gasteiger partial charge is 0.173 e. The average Bonchev–Trinajstić information content (AvgIpc) is 2.84. The minimum absolute atomic E-state index is 0.395. The number of hydrogen-bond acceptors (Lipinski definition) is 5. The van der Waals surface area contributed by atoms with Crippen molar-refractivity contribution in [1.29, 1.82) is 5.26 Å². The summed E-state index contributed by atoms with van der Waals surface area (Å²) in [6, 6.07) is 11.6. The van der Waals surface area contributed by atoms with E-state index in [1.165, 1.54) is 0 Å². The number of para-hydroxylation sites is 2. The first-order valence-corrected chi connectivity index (χ1v) is 5.43. The van der Waals surface area contributed by atoms with Crippen LogP contribution in [0, 0.1) is 11.3 Å². The van der Waals surface area contributed by atoms with Crippen LogP contribution >= 0.6 is 0 Å². The molecule has 0 saturated carbocycles. The molecule has 0 amide bonds. The fourth-order valence-electron chi connectivity index (χ4n) is 1.77. The van der Waals surface area contributed by atoms with Crippen LogP contribution in [0.1, 0.15) is 5.82 Å². The van der Waals surface area contributed by atoms with E-state index in [4.69, 9.17) is 0 Å². The van der Waals surface area contributed by atoms with Gasteiger partial charge in [-0.3, -0.25) is 0 Å². The molecule has 0 spiro atoms. The molecule has 1 aromatic heterocycles. The molecule has 1 aliphatic heterocycles. The minimum Gasteiger partial charge on any atom is -0.339 e. The standard InChI is InChI=1S/C13H9N5/c14-8-9(12-15-6-3-7-16-12)13-17-10-4-1-2-5-11(10)18-13/h1-7,17-18H. The summed E-state index contributed by atoms with van der Waals surface area (Å²) in [5, 5.41) is 15.6. The van der Waals surface area contributed by atoms with E-state index in [-0.39, 0.29) is 0 Å². The maximum absolute atomic E-state index is 9.25. The van der Waals surface area contributed by atoms with Gasteiger partial charge in [-0.15, -0.1) is 0 Å². The van der Waals surface area contributed by atoms with Crippen LogP contribution in [0.25, 0.3) is 5.57 Å². The van der Waals surface area contributed by atoms with Crippen LogP contribution in [0.2, 0.25) is 0 Å². The monoisotopic (exact) mass is 235 g/mol. The molecule has 2 aromatic rings. The lowest BCUT2D eigenvalue weighted by atomic mass is 10.2. The molecule has 0 fully saturated rings. The molecule has 0 aliphatic carbocycles. The van der Waals surface area contributed by atoms with Crippen molar-refractivity contribution < 1.29 is 0 Å². The third-order valence-electron chi connectivity index (χ3n) is 2.60. The van der Waals surface area contributed by atoms with Gasteiger partial charge in [0.05, 0.1) is 11.4 Å². The number of aromatic nitrogens is 2. The summed E-state index contributed by atoms with van der Waals surface area (Å²) in [7, 11) is 0. The third kappa shape index (κ3) is 1.66. The van der Waals surface area contributed by atoms with Gasteiger partial charge in [-0.2, -0.15) is 5.26 Å². The Morgan fingerprint density at radius 3 is 2.17 bits per heavy atom. The normalized spacial score (nSPS) is 12.1. The average molecular weight is 235 g/mol. The first kappa shape index (κ1) is 10.3. The van der Waals surface area contributed by atoms with Crippen LogP contribution < -0.4 is 10.6 Å². The Labute approximate surface area is 104 Å². The highest BCUT2D eigenvalue weighted by molar-refractivity contribution is 5.88. The summed E-state index contributed by atoms with van der Waals surface area (Å²) in [4.78, 5) is 8.17. The molecule has 0 atom stereocenters. The predicted octanol–water partition coefficient (Wildman–Crippen LogP) is 2.21. The van der Waals surface area contributed by atoms with E-state index in [0.29, 0.717) is 17.2 Å². The molecule has 0 saturated heterocycles. The van der Waals surface area contributed by atoms with Crippen molar-refractivity contribution in [2.45, 2.75) is 0 Å². The maximum Gasteiger partial charge on any atom is 0.173 e. The number of hydrogen-bond donors (Lipinski definition) is 2. The number of nitrogens with one attached hydrogen (secondary N) is 2. The molecule has 5 heteroatoms. The van der Waals surface area contributed by atoms with Crippen LogP contribution in [0.4, 0.5) is 11.4 Å². The van der Waals surface area contributed by atoms with Crippen LogP contribution in [0.3, 0.4) is 0 Å². The first-order valence-electron chi connectivity index (χ1n) is 5.43. The Hall–Kier alpha value is -2.87. The number of allylic oxidation sites excluding steroid dienone is 1. The number of anilines is 2. The predicted molar refractivity (Wildman–Crippen MR) is 68.3 cm³/mol. The van der Waals surface area contributed by atoms with Gasteiger partial charge >= 0.3 is 0 Å². The van der Waals surface area contributed by atoms with E-state index >= 15 is 0 Å². The van der Waals surface area contributed by atoms with Crippen molar-refractivity contribution >= 4 is 16.9 Å². The number of rotatable bonds is 1. The number of benzene rings is 1. The Kier molecular flexibility index (Phi) is 2.39. The van der Waals surface area contributed by atoms with E-state index in [0.717, 1.165) is 11.4 Å². The molecule has 0 radical (unpaired) electrons. The second-order valence-electron chi connectivity index (χ2n) is 3.73. The Morgan fingerprint density at radius 2 is 1.61 bits per heavy atom. The fraction of sp³-hybridized carbons (Fsp3) is 0. The molecule has 86 valence electrons. The molecule has 1 aromatic carbocycles. The van der Waals surface area contributed by atoms with E-state index in [2.05, 4.69) is 26.7 Å². The molecule has 5 nitrogen and oxygen atoms in total. The van der Waals surface area contributed by atoms with Crippen LogP contribution in [0.5, 0.6) is 0 Å². The quantitative estimate of drug-likeness (QED) is 0.741. The molecule has 1 aliphatic rings. The molecule has 0 bridgehead atoms. The summed E-state index contributed by atoms with van der Waals surface area (Å²) in [6.45, 7) is 0. The van der Waals surface area contributed by atoms with Gasteiger partial charge in [0.25, 0.3) is 0 Å². The molecule has 3 rings (SSSR count). The summed E-state index contributed by atoms with van der Waals surface area (Å²) in [5.41, 5.74) is 2.28. The zero-order chi connectivity index (χ0) is 12.4. The van der Waals surface area contributed by atoms with Gasteiger partial charge in [0.2, 0.25) is 0 Å². The summed E-state index contributed by atoms with van der Waals surface area (Å²) in [6.07, 6.45) is 3.23. The maximum atomic E-state index is 9.25. The number of fused-ring (bicyclic) bond motifs is 1. The number of nitrogens with zero attached hydrogens (tertiary/aromatic N) is 3. The van der Waals surface area contributed by atoms with Crippen molar-refractivity contribution in [3.63, 3.8) is 0 Å². The molecular formula is C13H9N5. The second-order valence-corrected chi connectivity index (χ2v) is 3.73. The highest BCUT2D eigenvalue weighted by Gasteiger charge is 2.19. The largest absolute Gasteiger partial charge is 0.339 e.